The zero-order valence-electron chi connectivity index (χ0n) is 11.8. The van der Waals surface area contributed by atoms with Crippen LogP contribution in [0.25, 0.3) is 0 Å². The molecule has 0 radical (unpaired) electrons. The van der Waals surface area contributed by atoms with Crippen molar-refractivity contribution < 1.29 is 19.5 Å². The van der Waals surface area contributed by atoms with Gasteiger partial charge in [-0.2, -0.15) is 0 Å². The quantitative estimate of drug-likeness (QED) is 0.787. The molecule has 1 aliphatic rings. The van der Waals surface area contributed by atoms with Crippen molar-refractivity contribution in [3.8, 4) is 0 Å². The molecule has 7 heteroatoms. The Morgan fingerprint density at radius 1 is 1.40 bits per heavy atom. The van der Waals surface area contributed by atoms with Crippen molar-refractivity contribution in [2.45, 2.75) is 39.2 Å². The number of carboxylic acid groups (broad SMARTS) is 1. The number of aromatic nitrogens is 2. The summed E-state index contributed by atoms with van der Waals surface area (Å²) >= 11 is 0. The van der Waals surface area contributed by atoms with Crippen LogP contribution >= 0.6 is 0 Å². The van der Waals surface area contributed by atoms with Gasteiger partial charge in [-0.05, 0) is 5.41 Å². The van der Waals surface area contributed by atoms with E-state index in [4.69, 9.17) is 0 Å². The molecule has 2 rings (SSSR count). The Kier molecular flexibility index (Phi) is 3.45. The van der Waals surface area contributed by atoms with Crippen LogP contribution in [-0.2, 0) is 27.9 Å². The molecule has 1 unspecified atom stereocenters. The monoisotopic (exact) mass is 281 g/mol. The summed E-state index contributed by atoms with van der Waals surface area (Å²) in [6.07, 6.45) is 2.22. The molecule has 1 aromatic rings. The number of carbonyl (C=O) groups excluding carboxylic acids is 2. The van der Waals surface area contributed by atoms with Gasteiger partial charge in [0, 0.05) is 32.5 Å². The molecule has 1 atom stereocenters. The molecule has 0 saturated carbocycles. The minimum Gasteiger partial charge on any atom is -0.480 e. The van der Waals surface area contributed by atoms with Gasteiger partial charge in [0.15, 0.2) is 0 Å². The normalized spacial score (nSPS) is 20.2. The van der Waals surface area contributed by atoms with E-state index in [0.29, 0.717) is 5.69 Å². The summed E-state index contributed by atoms with van der Waals surface area (Å²) in [6, 6.07) is -1.14. The first-order valence-corrected chi connectivity index (χ1v) is 6.47. The molecule has 1 saturated heterocycles. The van der Waals surface area contributed by atoms with Crippen molar-refractivity contribution in [2.75, 3.05) is 0 Å². The van der Waals surface area contributed by atoms with Crippen LogP contribution in [0.1, 0.15) is 32.4 Å². The van der Waals surface area contributed by atoms with E-state index in [9.17, 15) is 19.5 Å². The van der Waals surface area contributed by atoms with Crippen LogP contribution in [0.15, 0.2) is 6.20 Å². The number of carbonyl (C=O) groups is 3. The van der Waals surface area contributed by atoms with Gasteiger partial charge in [-0.15, -0.1) is 0 Å². The molecule has 1 fully saturated rings. The number of aromatic amines is 1. The van der Waals surface area contributed by atoms with Crippen LogP contribution in [0, 0.1) is 5.41 Å². The fraction of sp³-hybridized carbons (Fsp3) is 0.615. The van der Waals surface area contributed by atoms with Gasteiger partial charge in [-0.1, -0.05) is 13.8 Å². The number of aryl methyl sites for hydroxylation is 1. The van der Waals surface area contributed by atoms with Crippen LogP contribution in [0.4, 0.5) is 0 Å². The van der Waals surface area contributed by atoms with Crippen molar-refractivity contribution in [1.29, 1.82) is 0 Å². The van der Waals surface area contributed by atoms with Gasteiger partial charge in [0.25, 0.3) is 0 Å². The molecular weight excluding hydrogens is 262 g/mol. The number of carboxylic acids is 1. The summed E-state index contributed by atoms with van der Waals surface area (Å²) in [6.45, 7) is 3.67. The van der Waals surface area contributed by atoms with Crippen molar-refractivity contribution in [2.24, 2.45) is 12.5 Å². The highest BCUT2D eigenvalue weighted by Gasteiger charge is 2.43. The van der Waals surface area contributed by atoms with Crippen molar-refractivity contribution in [1.82, 2.24) is 14.7 Å². The van der Waals surface area contributed by atoms with E-state index in [1.165, 1.54) is 0 Å². The lowest BCUT2D eigenvalue weighted by atomic mass is 9.81. The number of likely N-dealkylation sites (tertiary alicyclic amines) is 1. The van der Waals surface area contributed by atoms with E-state index < -0.39 is 29.2 Å². The van der Waals surface area contributed by atoms with Crippen LogP contribution in [-0.4, -0.2) is 43.6 Å². The van der Waals surface area contributed by atoms with E-state index in [1.807, 2.05) is 13.8 Å². The number of rotatable bonds is 4. The predicted octanol–water partition coefficient (Wildman–Crippen LogP) is 0.524. The number of piperidine rings is 1. The fourth-order valence-electron chi connectivity index (χ4n) is 2.59. The predicted molar refractivity (Wildman–Crippen MR) is 69.8 cm³/mol. The Morgan fingerprint density at radius 3 is 2.30 bits per heavy atom. The van der Waals surface area contributed by atoms with Gasteiger partial charge < -0.3 is 10.2 Å². The lowest BCUT2D eigenvalue weighted by molar-refractivity contribution is -0.163. The molecule has 0 aromatic carbocycles. The van der Waals surface area contributed by atoms with E-state index in [0.717, 1.165) is 4.90 Å². The average molecular weight is 281 g/mol. The lowest BCUT2D eigenvalue weighted by Crippen LogP contribution is -2.54. The Bertz CT molecular complexity index is 523. The summed E-state index contributed by atoms with van der Waals surface area (Å²) in [4.78, 5) is 36.5. The van der Waals surface area contributed by atoms with E-state index in [-0.39, 0.29) is 19.3 Å². The van der Waals surface area contributed by atoms with Crippen molar-refractivity contribution in [3.63, 3.8) is 0 Å². The first kappa shape index (κ1) is 14.4. The molecule has 0 aliphatic carbocycles. The Hall–Kier alpha value is -2.05. The number of hydrogen-bond acceptors (Lipinski definition) is 3. The molecule has 2 N–H and O–H groups in total. The SMILES string of the molecule is Cn1cc(CC(C(=O)O)N2C(=O)CC(C)(C)CC2=O)[nH]1. The minimum absolute atomic E-state index is 0.109. The van der Waals surface area contributed by atoms with Gasteiger partial charge in [0.05, 0.1) is 5.69 Å². The zero-order valence-corrected chi connectivity index (χ0v) is 11.8. The summed E-state index contributed by atoms with van der Waals surface area (Å²) in [5.41, 5.74) is 0.299. The number of H-pyrrole nitrogens is 1. The fourth-order valence-corrected chi connectivity index (χ4v) is 2.59. The first-order chi connectivity index (χ1) is 9.19. The maximum absolute atomic E-state index is 12.1. The second-order valence-electron chi connectivity index (χ2n) is 6.11. The highest BCUT2D eigenvalue weighted by Crippen LogP contribution is 2.32. The van der Waals surface area contributed by atoms with Gasteiger partial charge in [0.1, 0.15) is 6.04 Å². The minimum atomic E-state index is -1.16. The molecule has 1 aromatic heterocycles. The Morgan fingerprint density at radius 2 is 1.90 bits per heavy atom. The molecule has 0 bridgehead atoms. The van der Waals surface area contributed by atoms with Crippen molar-refractivity contribution in [3.05, 3.63) is 11.9 Å². The Balaban J connectivity index is 2.19. The average Bonchev–Trinajstić information content (AvgIpc) is 2.21. The largest absolute Gasteiger partial charge is 0.480 e. The molecule has 7 nitrogen and oxygen atoms in total. The standard InChI is InChI=1S/C13H19N3O4/c1-13(2)5-10(17)16(11(18)6-13)9(12(19)20)4-8-7-15(3)14-8/h7,9,14H,4-6H2,1-3H3,(H,19,20). The summed E-state index contributed by atoms with van der Waals surface area (Å²) < 4.78 is 1.68. The number of aliphatic carboxylic acids is 1. The molecule has 2 heterocycles. The van der Waals surface area contributed by atoms with E-state index >= 15 is 0 Å². The van der Waals surface area contributed by atoms with Crippen molar-refractivity contribution >= 4 is 17.8 Å². The number of amides is 2. The van der Waals surface area contributed by atoms with E-state index in [2.05, 4.69) is 5.10 Å². The maximum atomic E-state index is 12.1. The topological polar surface area (TPSA) is 95.4 Å². The highest BCUT2D eigenvalue weighted by atomic mass is 16.4. The summed E-state index contributed by atoms with van der Waals surface area (Å²) in [5.74, 6) is -1.98. The molecule has 1 aliphatic heterocycles. The van der Waals surface area contributed by atoms with Gasteiger partial charge in [-0.3, -0.25) is 19.2 Å². The first-order valence-electron chi connectivity index (χ1n) is 6.47. The van der Waals surface area contributed by atoms with Crippen LogP contribution in [0.3, 0.4) is 0 Å². The van der Waals surface area contributed by atoms with Gasteiger partial charge in [-0.25, -0.2) is 4.79 Å². The van der Waals surface area contributed by atoms with Gasteiger partial charge >= 0.3 is 5.97 Å². The molecule has 0 spiro atoms. The second kappa shape index (κ2) is 4.81. The number of hydrogen-bond donors (Lipinski definition) is 2. The number of nitrogens with zero attached hydrogens (tertiary/aromatic N) is 2. The Labute approximate surface area is 116 Å². The molecule has 110 valence electrons. The van der Waals surface area contributed by atoms with Gasteiger partial charge in [0.2, 0.25) is 11.8 Å². The van der Waals surface area contributed by atoms with Crippen LogP contribution in [0.2, 0.25) is 0 Å². The summed E-state index contributed by atoms with van der Waals surface area (Å²) in [7, 11) is 1.78. The highest BCUT2D eigenvalue weighted by molar-refractivity contribution is 6.01. The van der Waals surface area contributed by atoms with E-state index in [1.54, 1.807) is 17.9 Å². The third kappa shape index (κ3) is 2.76. The maximum Gasteiger partial charge on any atom is 0.327 e. The third-order valence-electron chi connectivity index (χ3n) is 3.48. The van der Waals surface area contributed by atoms with Crippen LogP contribution in [0.5, 0.6) is 0 Å². The lowest BCUT2D eigenvalue weighted by Gasteiger charge is -2.37. The zero-order chi connectivity index (χ0) is 15.1. The molecular formula is C13H19N3O4. The smallest absolute Gasteiger partial charge is 0.327 e. The molecule has 2 amide bonds. The molecule has 20 heavy (non-hydrogen) atoms. The number of imide groups is 1. The van der Waals surface area contributed by atoms with Crippen LogP contribution < -0.4 is 0 Å². The summed E-state index contributed by atoms with van der Waals surface area (Å²) in [5, 5.41) is 12.2. The second-order valence-corrected chi connectivity index (χ2v) is 6.11. The third-order valence-corrected chi connectivity index (χ3v) is 3.48. The number of nitrogens with one attached hydrogen (secondary N) is 1.